The molecule has 0 radical (unpaired) electrons. The van der Waals surface area contributed by atoms with Gasteiger partial charge in [0.1, 0.15) is 6.61 Å². The number of carbonyl (C=O) groups excluding carboxylic acids is 1. The number of carbonyl (C=O) groups is 1. The molecule has 2 N–H and O–H groups in total. The number of esters is 1. The van der Waals surface area contributed by atoms with Crippen molar-refractivity contribution in [2.45, 2.75) is 0 Å². The summed E-state index contributed by atoms with van der Waals surface area (Å²) in [6.07, 6.45) is 0. The Balaban J connectivity index is 0. The quantitative estimate of drug-likeness (QED) is 0.423. The summed E-state index contributed by atoms with van der Waals surface area (Å²) in [7, 11) is 1.62. The summed E-state index contributed by atoms with van der Waals surface area (Å²) in [5.74, 6) is -0.421. The van der Waals surface area contributed by atoms with Crippen LogP contribution in [0.1, 0.15) is 0 Å². The van der Waals surface area contributed by atoms with E-state index in [-0.39, 0.29) is 25.6 Å². The molecule has 0 amide bonds. The predicted molar refractivity (Wildman–Crippen MR) is 60.8 cm³/mol. The fraction of sp³-hybridized carbons (Fsp3) is 0.889. The van der Waals surface area contributed by atoms with Crippen molar-refractivity contribution in [1.29, 1.82) is 0 Å². The molecule has 6 nitrogen and oxygen atoms in total. The number of halogens is 1. The van der Waals surface area contributed by atoms with Gasteiger partial charge in [0.05, 0.1) is 39.6 Å². The maximum Gasteiger partial charge on any atom is 0.319 e. The van der Waals surface area contributed by atoms with Gasteiger partial charge >= 0.3 is 5.97 Å². The van der Waals surface area contributed by atoms with Crippen molar-refractivity contribution >= 4 is 18.4 Å². The topological polar surface area (TPSA) is 80.0 Å². The van der Waals surface area contributed by atoms with Crippen LogP contribution in [-0.4, -0.2) is 59.3 Å². The van der Waals surface area contributed by atoms with Crippen LogP contribution in [0.5, 0.6) is 0 Å². The molecule has 0 rings (SSSR count). The summed E-state index contributed by atoms with van der Waals surface area (Å²) in [5.41, 5.74) is 5.03. The van der Waals surface area contributed by atoms with Crippen LogP contribution in [0.3, 0.4) is 0 Å². The highest BCUT2D eigenvalue weighted by molar-refractivity contribution is 5.85. The van der Waals surface area contributed by atoms with Gasteiger partial charge in [0.25, 0.3) is 0 Å². The molecule has 0 atom stereocenters. The average Bonchev–Trinajstić information content (AvgIpc) is 2.26. The molecule has 0 bridgehead atoms. The second kappa shape index (κ2) is 14.6. The van der Waals surface area contributed by atoms with Crippen LogP contribution in [-0.2, 0) is 23.7 Å². The largest absolute Gasteiger partial charge is 0.462 e. The lowest BCUT2D eigenvalue weighted by Crippen LogP contribution is -2.19. The zero-order valence-corrected chi connectivity index (χ0v) is 10.3. The van der Waals surface area contributed by atoms with E-state index in [0.29, 0.717) is 33.0 Å². The van der Waals surface area contributed by atoms with Crippen molar-refractivity contribution in [2.75, 3.05) is 53.3 Å². The SMILES string of the molecule is COCCOCCOCCOC(=O)CN.Cl. The smallest absolute Gasteiger partial charge is 0.319 e. The van der Waals surface area contributed by atoms with E-state index < -0.39 is 5.97 Å². The van der Waals surface area contributed by atoms with Gasteiger partial charge in [-0.3, -0.25) is 4.79 Å². The molecule has 0 aliphatic rings. The molecule has 0 saturated heterocycles. The van der Waals surface area contributed by atoms with Crippen LogP contribution in [0.4, 0.5) is 0 Å². The van der Waals surface area contributed by atoms with Crippen LogP contribution in [0.15, 0.2) is 0 Å². The van der Waals surface area contributed by atoms with Gasteiger partial charge in [-0.25, -0.2) is 0 Å². The predicted octanol–water partition coefficient (Wildman–Crippen LogP) is -0.410. The number of hydrogen-bond acceptors (Lipinski definition) is 6. The van der Waals surface area contributed by atoms with E-state index in [9.17, 15) is 4.79 Å². The lowest BCUT2D eigenvalue weighted by Gasteiger charge is -2.05. The second-order valence-corrected chi connectivity index (χ2v) is 2.64. The summed E-state index contributed by atoms with van der Waals surface area (Å²) in [4.78, 5) is 10.6. The minimum Gasteiger partial charge on any atom is -0.462 e. The number of hydrogen-bond donors (Lipinski definition) is 1. The van der Waals surface area contributed by atoms with Crippen LogP contribution in [0, 0.1) is 0 Å². The van der Waals surface area contributed by atoms with Crippen LogP contribution >= 0.6 is 12.4 Å². The molecule has 0 unspecified atom stereocenters. The standard InChI is InChI=1S/C9H19NO5.ClH/c1-12-2-3-13-4-5-14-6-7-15-9(11)8-10;/h2-8,10H2,1H3;1H. The third-order valence-electron chi connectivity index (χ3n) is 1.46. The molecule has 98 valence electrons. The third kappa shape index (κ3) is 13.6. The Bertz CT molecular complexity index is 159. The van der Waals surface area contributed by atoms with Gasteiger partial charge in [-0.2, -0.15) is 0 Å². The second-order valence-electron chi connectivity index (χ2n) is 2.64. The molecule has 0 aromatic carbocycles. The summed E-state index contributed by atoms with van der Waals surface area (Å²) in [6.45, 7) is 2.61. The Kier molecular flexibility index (Phi) is 16.4. The first-order valence-corrected chi connectivity index (χ1v) is 4.81. The van der Waals surface area contributed by atoms with Gasteiger partial charge in [0.15, 0.2) is 0 Å². The third-order valence-corrected chi connectivity index (χ3v) is 1.46. The Labute approximate surface area is 102 Å². The minimum absolute atomic E-state index is 0. The first-order valence-electron chi connectivity index (χ1n) is 4.81. The van der Waals surface area contributed by atoms with Gasteiger partial charge in [0.2, 0.25) is 0 Å². The fourth-order valence-corrected chi connectivity index (χ4v) is 0.738. The molecule has 0 aliphatic carbocycles. The van der Waals surface area contributed by atoms with Crippen molar-refractivity contribution in [1.82, 2.24) is 0 Å². The fourth-order valence-electron chi connectivity index (χ4n) is 0.738. The van der Waals surface area contributed by atoms with E-state index in [1.807, 2.05) is 0 Å². The highest BCUT2D eigenvalue weighted by Crippen LogP contribution is 1.81. The van der Waals surface area contributed by atoms with Crippen LogP contribution in [0.25, 0.3) is 0 Å². The number of methoxy groups -OCH3 is 1. The van der Waals surface area contributed by atoms with Gasteiger partial charge in [-0.1, -0.05) is 0 Å². The lowest BCUT2D eigenvalue weighted by atomic mass is 10.6. The van der Waals surface area contributed by atoms with E-state index in [1.165, 1.54) is 0 Å². The van der Waals surface area contributed by atoms with E-state index in [1.54, 1.807) is 7.11 Å². The molecule has 0 aromatic rings. The van der Waals surface area contributed by atoms with Gasteiger partial charge in [-0.05, 0) is 0 Å². The van der Waals surface area contributed by atoms with Crippen molar-refractivity contribution < 1.29 is 23.7 Å². The summed E-state index contributed by atoms with van der Waals surface area (Å²) < 4.78 is 19.7. The Morgan fingerprint density at radius 3 is 2.00 bits per heavy atom. The van der Waals surface area contributed by atoms with Gasteiger partial charge in [0, 0.05) is 7.11 Å². The number of ether oxygens (including phenoxy) is 4. The molecule has 16 heavy (non-hydrogen) atoms. The van der Waals surface area contributed by atoms with Crippen LogP contribution in [0.2, 0.25) is 0 Å². The first kappa shape index (κ1) is 18.0. The Morgan fingerprint density at radius 2 is 1.50 bits per heavy atom. The van der Waals surface area contributed by atoms with Gasteiger partial charge in [-0.15, -0.1) is 12.4 Å². The summed E-state index contributed by atoms with van der Waals surface area (Å²) >= 11 is 0. The highest BCUT2D eigenvalue weighted by atomic mass is 35.5. The Morgan fingerprint density at radius 1 is 1.00 bits per heavy atom. The Hall–Kier alpha value is -0.400. The number of nitrogens with two attached hydrogens (primary N) is 1. The maximum absolute atomic E-state index is 10.6. The first-order chi connectivity index (χ1) is 7.31. The van der Waals surface area contributed by atoms with Crippen molar-refractivity contribution in [3.8, 4) is 0 Å². The zero-order chi connectivity index (χ0) is 11.4. The molecule has 0 aromatic heterocycles. The number of rotatable bonds is 10. The highest BCUT2D eigenvalue weighted by Gasteiger charge is 1.97. The van der Waals surface area contributed by atoms with Crippen LogP contribution < -0.4 is 5.73 Å². The lowest BCUT2D eigenvalue weighted by molar-refractivity contribution is -0.143. The van der Waals surface area contributed by atoms with E-state index >= 15 is 0 Å². The molecule has 0 heterocycles. The van der Waals surface area contributed by atoms with Crippen molar-refractivity contribution in [2.24, 2.45) is 5.73 Å². The van der Waals surface area contributed by atoms with Crippen molar-refractivity contribution in [3.63, 3.8) is 0 Å². The molecule has 0 saturated carbocycles. The van der Waals surface area contributed by atoms with E-state index in [4.69, 9.17) is 19.9 Å². The molecule has 0 spiro atoms. The summed E-state index contributed by atoms with van der Waals surface area (Å²) in [5, 5.41) is 0. The molecule has 0 fully saturated rings. The molecular weight excluding hydrogens is 238 g/mol. The van der Waals surface area contributed by atoms with E-state index in [2.05, 4.69) is 4.74 Å². The van der Waals surface area contributed by atoms with Gasteiger partial charge < -0.3 is 24.7 Å². The van der Waals surface area contributed by atoms with Crippen molar-refractivity contribution in [3.05, 3.63) is 0 Å². The van der Waals surface area contributed by atoms with E-state index in [0.717, 1.165) is 0 Å². The monoisotopic (exact) mass is 257 g/mol. The normalized spacial score (nSPS) is 9.62. The maximum atomic E-state index is 10.6. The zero-order valence-electron chi connectivity index (χ0n) is 9.48. The minimum atomic E-state index is -0.421. The molecule has 7 heteroatoms. The molecule has 0 aliphatic heterocycles. The molecular formula is C9H20ClNO5. The average molecular weight is 258 g/mol. The summed E-state index contributed by atoms with van der Waals surface area (Å²) in [6, 6.07) is 0.